The Hall–Kier alpha value is -2.54. The minimum absolute atomic E-state index is 0.201. The fourth-order valence-corrected chi connectivity index (χ4v) is 2.53. The predicted molar refractivity (Wildman–Crippen MR) is 89.9 cm³/mol. The molecule has 0 radical (unpaired) electrons. The summed E-state index contributed by atoms with van der Waals surface area (Å²) in [4.78, 5) is 28.3. The fourth-order valence-electron chi connectivity index (χ4n) is 2.20. The number of nitrogens with zero attached hydrogens (tertiary/aromatic N) is 2. The highest BCUT2D eigenvalue weighted by Crippen LogP contribution is 2.16. The number of para-hydroxylation sites is 1. The van der Waals surface area contributed by atoms with Crippen LogP contribution in [0.25, 0.3) is 10.9 Å². The number of ether oxygens (including phenoxy) is 1. The molecule has 2 aromatic carbocycles. The summed E-state index contributed by atoms with van der Waals surface area (Å²) >= 11 is 3.16. The zero-order valence-corrected chi connectivity index (χ0v) is 14.0. The molecule has 0 saturated carbocycles. The Labute approximate surface area is 144 Å². The lowest BCUT2D eigenvalue weighted by molar-refractivity contribution is -0.145. The first-order valence-electron chi connectivity index (χ1n) is 7.08. The van der Waals surface area contributed by atoms with Gasteiger partial charge in [0.1, 0.15) is 19.0 Å². The van der Waals surface area contributed by atoms with Crippen molar-refractivity contribution in [3.05, 3.63) is 75.0 Å². The number of carbonyl (C=O) groups is 1. The van der Waals surface area contributed by atoms with Gasteiger partial charge in [-0.1, -0.05) is 34.1 Å². The summed E-state index contributed by atoms with van der Waals surface area (Å²) in [7, 11) is 0. The molecule has 0 spiro atoms. The quantitative estimate of drug-likeness (QED) is 0.642. The Morgan fingerprint density at radius 2 is 2.04 bits per heavy atom. The smallest absolute Gasteiger partial charge is 0.326 e. The molecule has 0 bridgehead atoms. The van der Waals surface area contributed by atoms with Crippen molar-refractivity contribution in [2.45, 2.75) is 13.2 Å². The second-order valence-electron chi connectivity index (χ2n) is 5.09. The number of fused-ring (bicyclic) bond motifs is 1. The largest absolute Gasteiger partial charge is 0.459 e. The molecule has 1 heterocycles. The van der Waals surface area contributed by atoms with Gasteiger partial charge in [-0.2, -0.15) is 0 Å². The van der Waals surface area contributed by atoms with Crippen LogP contribution in [0.1, 0.15) is 5.56 Å². The van der Waals surface area contributed by atoms with Gasteiger partial charge in [0.25, 0.3) is 5.56 Å². The van der Waals surface area contributed by atoms with Crippen molar-refractivity contribution >= 4 is 32.8 Å². The van der Waals surface area contributed by atoms with E-state index in [-0.39, 0.29) is 24.3 Å². The number of hydrogen-bond acceptors (Lipinski definition) is 4. The molecule has 3 rings (SSSR count). The Morgan fingerprint density at radius 3 is 2.83 bits per heavy atom. The summed E-state index contributed by atoms with van der Waals surface area (Å²) in [5.74, 6) is -1.11. The summed E-state index contributed by atoms with van der Waals surface area (Å²) in [5, 5.41) is 0.423. The molecule has 0 amide bonds. The van der Waals surface area contributed by atoms with Crippen LogP contribution in [0.3, 0.4) is 0 Å². The van der Waals surface area contributed by atoms with Crippen molar-refractivity contribution < 1.29 is 13.9 Å². The van der Waals surface area contributed by atoms with Crippen LogP contribution in [0.2, 0.25) is 0 Å². The van der Waals surface area contributed by atoms with E-state index in [1.807, 2.05) is 0 Å². The van der Waals surface area contributed by atoms with Crippen LogP contribution in [0, 0.1) is 5.82 Å². The Kier molecular flexibility index (Phi) is 4.71. The van der Waals surface area contributed by atoms with E-state index in [4.69, 9.17) is 4.74 Å². The van der Waals surface area contributed by atoms with Crippen LogP contribution in [0.4, 0.5) is 4.39 Å². The van der Waals surface area contributed by atoms with Gasteiger partial charge in [-0.05, 0) is 24.3 Å². The maximum Gasteiger partial charge on any atom is 0.326 e. The number of carbonyl (C=O) groups excluding carboxylic acids is 1. The second kappa shape index (κ2) is 6.92. The first kappa shape index (κ1) is 16.3. The molecule has 0 aliphatic carbocycles. The number of rotatable bonds is 4. The topological polar surface area (TPSA) is 61.2 Å². The SMILES string of the molecule is O=C(Cn1cnc2ccccc2c1=O)OCc1ccc(Br)cc1F. The van der Waals surface area contributed by atoms with Gasteiger partial charge in [-0.3, -0.25) is 14.2 Å². The lowest BCUT2D eigenvalue weighted by Gasteiger charge is -2.08. The molecule has 0 N–H and O–H groups in total. The van der Waals surface area contributed by atoms with E-state index in [9.17, 15) is 14.0 Å². The lowest BCUT2D eigenvalue weighted by atomic mass is 10.2. The molecule has 24 heavy (non-hydrogen) atoms. The number of benzene rings is 2. The number of esters is 1. The van der Waals surface area contributed by atoms with Crippen LogP contribution in [-0.4, -0.2) is 15.5 Å². The molecule has 122 valence electrons. The summed E-state index contributed by atoms with van der Waals surface area (Å²) in [6.45, 7) is -0.484. The maximum atomic E-state index is 13.7. The van der Waals surface area contributed by atoms with Crippen LogP contribution in [0.15, 0.2) is 58.1 Å². The van der Waals surface area contributed by atoms with E-state index >= 15 is 0 Å². The van der Waals surface area contributed by atoms with Crippen molar-refractivity contribution in [2.75, 3.05) is 0 Å². The molecule has 3 aromatic rings. The minimum Gasteiger partial charge on any atom is -0.459 e. The molecular formula is C17H12BrFN2O3. The molecule has 1 aromatic heterocycles. The zero-order valence-electron chi connectivity index (χ0n) is 12.4. The number of hydrogen-bond donors (Lipinski definition) is 0. The summed E-state index contributed by atoms with van der Waals surface area (Å²) < 4.78 is 20.5. The van der Waals surface area contributed by atoms with Gasteiger partial charge in [-0.25, -0.2) is 9.37 Å². The molecule has 0 fully saturated rings. The first-order chi connectivity index (χ1) is 11.5. The van der Waals surface area contributed by atoms with Crippen molar-refractivity contribution in [1.82, 2.24) is 9.55 Å². The monoisotopic (exact) mass is 390 g/mol. The van der Waals surface area contributed by atoms with E-state index in [0.717, 1.165) is 0 Å². The third kappa shape index (κ3) is 3.51. The standard InChI is InChI=1S/C17H12BrFN2O3/c18-12-6-5-11(14(19)7-12)9-24-16(22)8-21-10-20-15-4-2-1-3-13(15)17(21)23/h1-7,10H,8-9H2. The van der Waals surface area contributed by atoms with E-state index in [2.05, 4.69) is 20.9 Å². The molecular weight excluding hydrogens is 379 g/mol. The van der Waals surface area contributed by atoms with Crippen molar-refractivity contribution in [1.29, 1.82) is 0 Å². The molecule has 0 atom stereocenters. The van der Waals surface area contributed by atoms with Gasteiger partial charge in [0.05, 0.1) is 17.2 Å². The third-order valence-electron chi connectivity index (χ3n) is 3.43. The zero-order chi connectivity index (χ0) is 17.1. The van der Waals surface area contributed by atoms with E-state index in [1.54, 1.807) is 30.3 Å². The van der Waals surface area contributed by atoms with Gasteiger partial charge in [0, 0.05) is 10.0 Å². The van der Waals surface area contributed by atoms with E-state index < -0.39 is 11.8 Å². The van der Waals surface area contributed by atoms with Crippen molar-refractivity contribution in [3.63, 3.8) is 0 Å². The predicted octanol–water partition coefficient (Wildman–Crippen LogP) is 3.04. The molecule has 7 heteroatoms. The Bertz CT molecular complexity index is 971. The highest BCUT2D eigenvalue weighted by Gasteiger charge is 2.10. The van der Waals surface area contributed by atoms with Gasteiger partial charge >= 0.3 is 5.97 Å². The van der Waals surface area contributed by atoms with Crippen LogP contribution >= 0.6 is 15.9 Å². The normalized spacial score (nSPS) is 10.8. The first-order valence-corrected chi connectivity index (χ1v) is 7.87. The van der Waals surface area contributed by atoms with Crippen LogP contribution in [-0.2, 0) is 22.7 Å². The molecule has 0 aliphatic heterocycles. The van der Waals surface area contributed by atoms with Gasteiger partial charge in [0.2, 0.25) is 0 Å². The summed E-state index contributed by atoms with van der Waals surface area (Å²) in [6, 6.07) is 11.3. The highest BCUT2D eigenvalue weighted by atomic mass is 79.9. The average Bonchev–Trinajstić information content (AvgIpc) is 2.57. The molecule has 5 nitrogen and oxygen atoms in total. The van der Waals surface area contributed by atoms with Crippen molar-refractivity contribution in [3.8, 4) is 0 Å². The maximum absolute atomic E-state index is 13.7. The van der Waals surface area contributed by atoms with Gasteiger partial charge < -0.3 is 4.74 Å². The highest BCUT2D eigenvalue weighted by molar-refractivity contribution is 9.10. The minimum atomic E-state index is -0.642. The number of aromatic nitrogens is 2. The molecule has 0 aliphatic rings. The van der Waals surface area contributed by atoms with Crippen LogP contribution in [0.5, 0.6) is 0 Å². The fraction of sp³-hybridized carbons (Fsp3) is 0.118. The third-order valence-corrected chi connectivity index (χ3v) is 3.93. The Morgan fingerprint density at radius 1 is 1.25 bits per heavy atom. The average molecular weight is 391 g/mol. The molecule has 0 saturated heterocycles. The number of halogens is 2. The lowest BCUT2D eigenvalue weighted by Crippen LogP contribution is -2.25. The van der Waals surface area contributed by atoms with E-state index in [1.165, 1.54) is 23.0 Å². The summed E-state index contributed by atoms with van der Waals surface area (Å²) in [6.07, 6.45) is 1.30. The summed E-state index contributed by atoms with van der Waals surface area (Å²) in [5.41, 5.74) is 0.493. The van der Waals surface area contributed by atoms with Crippen LogP contribution < -0.4 is 5.56 Å². The van der Waals surface area contributed by atoms with Gasteiger partial charge in [0.15, 0.2) is 0 Å². The Balaban J connectivity index is 1.71. The van der Waals surface area contributed by atoms with Crippen molar-refractivity contribution in [2.24, 2.45) is 0 Å². The molecule has 0 unspecified atom stereocenters. The second-order valence-corrected chi connectivity index (χ2v) is 6.01. The van der Waals surface area contributed by atoms with Gasteiger partial charge in [-0.15, -0.1) is 0 Å². The van der Waals surface area contributed by atoms with E-state index in [0.29, 0.717) is 15.4 Å².